The zero-order valence-electron chi connectivity index (χ0n) is 15.0. The minimum absolute atomic E-state index is 0.0470. The van der Waals surface area contributed by atoms with Crippen LogP contribution in [0.1, 0.15) is 32.4 Å². The number of hydrogen-bond donors (Lipinski definition) is 1. The molecule has 3 fully saturated rings. The fraction of sp³-hybridized carbons (Fsp3) is 0.632. The van der Waals surface area contributed by atoms with Crippen LogP contribution >= 0.6 is 0 Å². The van der Waals surface area contributed by atoms with Crippen LogP contribution in [0.5, 0.6) is 5.75 Å². The highest BCUT2D eigenvalue weighted by molar-refractivity contribution is 5.20. The average Bonchev–Trinajstić information content (AvgIpc) is 2.83. The van der Waals surface area contributed by atoms with Crippen molar-refractivity contribution < 1.29 is 4.74 Å². The number of methoxy groups -OCH3 is 1. The molecule has 0 aromatic carbocycles. The fourth-order valence-corrected chi connectivity index (χ4v) is 3.92. The van der Waals surface area contributed by atoms with Crippen LogP contribution in [0.15, 0.2) is 28.7 Å². The van der Waals surface area contributed by atoms with E-state index in [-0.39, 0.29) is 5.43 Å². The number of aromatic nitrogens is 1. The van der Waals surface area contributed by atoms with E-state index in [1.807, 2.05) is 0 Å². The molecule has 2 bridgehead atoms. The Morgan fingerprint density at radius 1 is 1.33 bits per heavy atom. The minimum atomic E-state index is -0.0470. The van der Waals surface area contributed by atoms with Crippen molar-refractivity contribution in [2.24, 2.45) is 5.92 Å². The standard InChI is InChI=1S/C19H29N3O2/c1-14(2)6-7-22-11-15-4-5-17(22)13-21(10-15)12-16-8-18(23)19(24-3)9-20-16/h6,8-9,15,17H,4-5,7,10-13H2,1-3H3,(H,20,23)/t15-,17+/m0/s1. The molecule has 132 valence electrons. The van der Waals surface area contributed by atoms with Crippen molar-refractivity contribution in [2.75, 3.05) is 33.3 Å². The highest BCUT2D eigenvalue weighted by Crippen LogP contribution is 2.28. The first-order valence-electron chi connectivity index (χ1n) is 8.90. The van der Waals surface area contributed by atoms with Gasteiger partial charge in [0.15, 0.2) is 5.75 Å². The lowest BCUT2D eigenvalue weighted by molar-refractivity contribution is 0.146. The molecule has 4 rings (SSSR count). The minimum Gasteiger partial charge on any atom is -0.491 e. The molecule has 0 unspecified atom stereocenters. The van der Waals surface area contributed by atoms with Crippen molar-refractivity contribution >= 4 is 0 Å². The first-order chi connectivity index (χ1) is 11.5. The molecule has 3 aliphatic heterocycles. The number of nitrogens with zero attached hydrogens (tertiary/aromatic N) is 2. The van der Waals surface area contributed by atoms with Crippen LogP contribution in [-0.2, 0) is 6.54 Å². The van der Waals surface area contributed by atoms with Crippen LogP contribution in [0.2, 0.25) is 0 Å². The van der Waals surface area contributed by atoms with Gasteiger partial charge in [-0.3, -0.25) is 14.6 Å². The van der Waals surface area contributed by atoms with Gasteiger partial charge in [-0.25, -0.2) is 0 Å². The third-order valence-electron chi connectivity index (χ3n) is 5.19. The van der Waals surface area contributed by atoms with Crippen molar-refractivity contribution in [1.29, 1.82) is 0 Å². The molecule has 0 amide bonds. The lowest BCUT2D eigenvalue weighted by Gasteiger charge is -2.35. The molecule has 24 heavy (non-hydrogen) atoms. The van der Waals surface area contributed by atoms with Crippen LogP contribution in [0.25, 0.3) is 0 Å². The second-order valence-corrected chi connectivity index (χ2v) is 7.42. The van der Waals surface area contributed by atoms with E-state index in [1.54, 1.807) is 12.3 Å². The third-order valence-corrected chi connectivity index (χ3v) is 5.19. The summed E-state index contributed by atoms with van der Waals surface area (Å²) in [6, 6.07) is 2.30. The Bertz CT molecular complexity index is 648. The number of rotatable bonds is 5. The first kappa shape index (κ1) is 17.2. The smallest absolute Gasteiger partial charge is 0.223 e. The SMILES string of the molecule is COc1c[nH]c(CN2C[C@@H]3CC[C@H](C2)N(CC=C(C)C)C3)cc1=O. The average molecular weight is 331 g/mol. The molecule has 1 N–H and O–H groups in total. The summed E-state index contributed by atoms with van der Waals surface area (Å²) in [7, 11) is 1.53. The van der Waals surface area contributed by atoms with Gasteiger partial charge in [0.05, 0.1) is 7.11 Å². The fourth-order valence-electron chi connectivity index (χ4n) is 3.92. The van der Waals surface area contributed by atoms with Gasteiger partial charge in [-0.1, -0.05) is 11.6 Å². The Kier molecular flexibility index (Phi) is 5.41. The van der Waals surface area contributed by atoms with Gasteiger partial charge in [0.1, 0.15) is 0 Å². The van der Waals surface area contributed by atoms with Gasteiger partial charge < -0.3 is 9.72 Å². The molecule has 0 saturated carbocycles. The maximum absolute atomic E-state index is 11.9. The number of allylic oxidation sites excluding steroid dienone is 1. The van der Waals surface area contributed by atoms with E-state index >= 15 is 0 Å². The first-order valence-corrected chi connectivity index (χ1v) is 8.90. The summed E-state index contributed by atoms with van der Waals surface area (Å²) in [6.07, 6.45) is 6.62. The summed E-state index contributed by atoms with van der Waals surface area (Å²) in [6.45, 7) is 9.62. The van der Waals surface area contributed by atoms with Crippen LogP contribution in [-0.4, -0.2) is 54.1 Å². The maximum Gasteiger partial charge on any atom is 0.223 e. The van der Waals surface area contributed by atoms with E-state index in [1.165, 1.54) is 32.1 Å². The van der Waals surface area contributed by atoms with Crippen molar-refractivity contribution in [2.45, 2.75) is 39.3 Å². The number of ether oxygens (including phenoxy) is 1. The summed E-state index contributed by atoms with van der Waals surface area (Å²) in [5, 5.41) is 0. The molecule has 0 spiro atoms. The van der Waals surface area contributed by atoms with E-state index in [9.17, 15) is 4.79 Å². The topological polar surface area (TPSA) is 48.6 Å². The Morgan fingerprint density at radius 3 is 2.88 bits per heavy atom. The van der Waals surface area contributed by atoms with E-state index < -0.39 is 0 Å². The van der Waals surface area contributed by atoms with Gasteiger partial charge in [-0.05, 0) is 32.6 Å². The molecule has 3 aliphatic rings. The molecule has 1 aromatic heterocycles. The number of aromatic amines is 1. The van der Waals surface area contributed by atoms with Gasteiger partial charge in [0.2, 0.25) is 5.43 Å². The molecule has 5 heteroatoms. The Hall–Kier alpha value is -1.59. The maximum atomic E-state index is 11.9. The quantitative estimate of drug-likeness (QED) is 0.841. The molecule has 0 radical (unpaired) electrons. The molecule has 5 nitrogen and oxygen atoms in total. The van der Waals surface area contributed by atoms with Crippen molar-refractivity contribution in [1.82, 2.24) is 14.8 Å². The van der Waals surface area contributed by atoms with Crippen LogP contribution < -0.4 is 10.2 Å². The number of H-pyrrole nitrogens is 1. The summed E-state index contributed by atoms with van der Waals surface area (Å²) in [5.74, 6) is 1.11. The molecule has 2 atom stereocenters. The molecule has 0 aliphatic carbocycles. The van der Waals surface area contributed by atoms with Gasteiger partial charge in [-0.15, -0.1) is 0 Å². The second kappa shape index (κ2) is 7.53. The van der Waals surface area contributed by atoms with E-state index in [4.69, 9.17) is 4.74 Å². The third kappa shape index (κ3) is 4.08. The number of hydrogen-bond acceptors (Lipinski definition) is 4. The van der Waals surface area contributed by atoms with Gasteiger partial charge in [0, 0.05) is 56.7 Å². The molecular formula is C19H29N3O2. The summed E-state index contributed by atoms with van der Waals surface area (Å²) in [5.41, 5.74) is 2.31. The van der Waals surface area contributed by atoms with Crippen molar-refractivity contribution in [3.63, 3.8) is 0 Å². The largest absolute Gasteiger partial charge is 0.491 e. The number of fused-ring (bicyclic) bond motifs is 4. The molecule has 3 saturated heterocycles. The van der Waals surface area contributed by atoms with Crippen LogP contribution in [0.4, 0.5) is 0 Å². The number of piperidine rings is 1. The van der Waals surface area contributed by atoms with Gasteiger partial charge in [0.25, 0.3) is 0 Å². The highest BCUT2D eigenvalue weighted by atomic mass is 16.5. The lowest BCUT2D eigenvalue weighted by Crippen LogP contribution is -2.43. The predicted molar refractivity (Wildman–Crippen MR) is 96.4 cm³/mol. The number of pyridine rings is 1. The summed E-state index contributed by atoms with van der Waals surface area (Å²) in [4.78, 5) is 20.3. The Balaban J connectivity index is 1.67. The summed E-state index contributed by atoms with van der Waals surface area (Å²) >= 11 is 0. The van der Waals surface area contributed by atoms with Crippen molar-refractivity contribution in [3.8, 4) is 5.75 Å². The van der Waals surface area contributed by atoms with E-state index in [0.717, 1.165) is 37.8 Å². The second-order valence-electron chi connectivity index (χ2n) is 7.42. The normalized spacial score (nSPS) is 24.6. The number of nitrogens with one attached hydrogen (secondary N) is 1. The van der Waals surface area contributed by atoms with Crippen LogP contribution in [0.3, 0.4) is 0 Å². The summed E-state index contributed by atoms with van der Waals surface area (Å²) < 4.78 is 5.04. The monoisotopic (exact) mass is 331 g/mol. The molecular weight excluding hydrogens is 302 g/mol. The molecule has 4 heterocycles. The zero-order chi connectivity index (χ0) is 17.1. The lowest BCUT2D eigenvalue weighted by atomic mass is 9.95. The van der Waals surface area contributed by atoms with Crippen molar-refractivity contribution in [3.05, 3.63) is 39.8 Å². The van der Waals surface area contributed by atoms with E-state index in [2.05, 4.69) is 34.7 Å². The molecule has 1 aromatic rings. The van der Waals surface area contributed by atoms with Gasteiger partial charge >= 0.3 is 0 Å². The van der Waals surface area contributed by atoms with E-state index in [0.29, 0.717) is 11.8 Å². The zero-order valence-corrected chi connectivity index (χ0v) is 15.0. The Morgan fingerprint density at radius 2 is 2.17 bits per heavy atom. The Labute approximate surface area is 144 Å². The van der Waals surface area contributed by atoms with Gasteiger partial charge in [-0.2, -0.15) is 0 Å². The predicted octanol–water partition coefficient (Wildman–Crippen LogP) is 2.25. The van der Waals surface area contributed by atoms with Crippen LogP contribution in [0, 0.1) is 5.92 Å². The highest BCUT2D eigenvalue weighted by Gasteiger charge is 2.34.